The van der Waals surface area contributed by atoms with Gasteiger partial charge in [-0.25, -0.2) is 0 Å². The molecule has 0 aromatic carbocycles. The SMILES string of the molecule is CCNCCC1CCC(=O)N1CCCSC. The first-order chi connectivity index (χ1) is 7.79. The summed E-state index contributed by atoms with van der Waals surface area (Å²) < 4.78 is 0. The lowest BCUT2D eigenvalue weighted by atomic mass is 10.1. The Morgan fingerprint density at radius 3 is 3.06 bits per heavy atom. The van der Waals surface area contributed by atoms with Crippen molar-refractivity contribution in [2.45, 2.75) is 38.6 Å². The highest BCUT2D eigenvalue weighted by atomic mass is 32.2. The van der Waals surface area contributed by atoms with Gasteiger partial charge in [0, 0.05) is 19.0 Å². The highest BCUT2D eigenvalue weighted by Gasteiger charge is 2.29. The third-order valence-corrected chi connectivity index (χ3v) is 3.80. The van der Waals surface area contributed by atoms with Crippen LogP contribution in [0.15, 0.2) is 0 Å². The molecular formula is C12H24N2OS. The molecule has 1 heterocycles. The van der Waals surface area contributed by atoms with E-state index in [1.807, 2.05) is 11.8 Å². The van der Waals surface area contributed by atoms with Gasteiger partial charge >= 0.3 is 0 Å². The quantitative estimate of drug-likeness (QED) is 0.660. The van der Waals surface area contributed by atoms with E-state index in [4.69, 9.17) is 0 Å². The molecule has 1 fully saturated rings. The first-order valence-electron chi connectivity index (χ1n) is 6.28. The summed E-state index contributed by atoms with van der Waals surface area (Å²) in [6.07, 6.45) is 6.18. The van der Waals surface area contributed by atoms with Gasteiger partial charge in [-0.05, 0) is 44.4 Å². The van der Waals surface area contributed by atoms with Crippen molar-refractivity contribution in [2.24, 2.45) is 0 Å². The first kappa shape index (κ1) is 13.8. The Bertz CT molecular complexity index is 211. The van der Waals surface area contributed by atoms with Gasteiger partial charge in [0.05, 0.1) is 0 Å². The van der Waals surface area contributed by atoms with Crippen LogP contribution in [0.1, 0.15) is 32.6 Å². The van der Waals surface area contributed by atoms with Crippen LogP contribution < -0.4 is 5.32 Å². The molecule has 4 heteroatoms. The second kappa shape index (κ2) is 7.96. The molecule has 16 heavy (non-hydrogen) atoms. The van der Waals surface area contributed by atoms with Crippen molar-refractivity contribution in [3.05, 3.63) is 0 Å². The number of carbonyl (C=O) groups excluding carboxylic acids is 1. The Kier molecular flexibility index (Phi) is 6.88. The fraction of sp³-hybridized carbons (Fsp3) is 0.917. The summed E-state index contributed by atoms with van der Waals surface area (Å²) in [5.74, 6) is 1.52. The summed E-state index contributed by atoms with van der Waals surface area (Å²) in [5.41, 5.74) is 0. The standard InChI is InChI=1S/C12H24N2OS/c1-3-13-8-7-11-5-6-12(15)14(11)9-4-10-16-2/h11,13H,3-10H2,1-2H3. The van der Waals surface area contributed by atoms with Crippen LogP contribution in [0.4, 0.5) is 0 Å². The lowest BCUT2D eigenvalue weighted by Crippen LogP contribution is -2.36. The van der Waals surface area contributed by atoms with Crippen molar-refractivity contribution in [3.63, 3.8) is 0 Å². The van der Waals surface area contributed by atoms with E-state index in [9.17, 15) is 4.79 Å². The predicted octanol–water partition coefficient (Wildman–Crippen LogP) is 1.73. The van der Waals surface area contributed by atoms with Crippen LogP contribution in [0.25, 0.3) is 0 Å². The summed E-state index contributed by atoms with van der Waals surface area (Å²) in [5, 5.41) is 3.34. The molecule has 1 unspecified atom stereocenters. The van der Waals surface area contributed by atoms with Crippen LogP contribution >= 0.6 is 11.8 Å². The first-order valence-corrected chi connectivity index (χ1v) is 7.68. The Labute approximate surface area is 103 Å². The van der Waals surface area contributed by atoms with Gasteiger partial charge in [0.2, 0.25) is 5.91 Å². The molecule has 1 amide bonds. The Balaban J connectivity index is 2.28. The van der Waals surface area contributed by atoms with E-state index < -0.39 is 0 Å². The lowest BCUT2D eigenvalue weighted by molar-refractivity contribution is -0.129. The highest BCUT2D eigenvalue weighted by molar-refractivity contribution is 7.98. The van der Waals surface area contributed by atoms with Gasteiger partial charge in [-0.15, -0.1) is 0 Å². The number of likely N-dealkylation sites (tertiary alicyclic amines) is 1. The number of nitrogens with one attached hydrogen (secondary N) is 1. The van der Waals surface area contributed by atoms with Crippen LogP contribution in [-0.4, -0.2) is 48.5 Å². The smallest absolute Gasteiger partial charge is 0.222 e. The summed E-state index contributed by atoms with van der Waals surface area (Å²) in [7, 11) is 0. The summed E-state index contributed by atoms with van der Waals surface area (Å²) in [6.45, 7) is 5.13. The number of hydrogen-bond acceptors (Lipinski definition) is 3. The zero-order valence-electron chi connectivity index (χ0n) is 10.5. The summed E-state index contributed by atoms with van der Waals surface area (Å²) in [6, 6.07) is 0.494. The van der Waals surface area contributed by atoms with Gasteiger partial charge in [-0.1, -0.05) is 6.92 Å². The van der Waals surface area contributed by atoms with E-state index >= 15 is 0 Å². The number of amides is 1. The third-order valence-electron chi connectivity index (χ3n) is 3.10. The van der Waals surface area contributed by atoms with Crippen LogP contribution in [0, 0.1) is 0 Å². The zero-order valence-corrected chi connectivity index (χ0v) is 11.3. The van der Waals surface area contributed by atoms with E-state index in [0.29, 0.717) is 11.9 Å². The number of carbonyl (C=O) groups is 1. The maximum atomic E-state index is 11.7. The molecule has 1 aliphatic heterocycles. The number of nitrogens with zero attached hydrogens (tertiary/aromatic N) is 1. The fourth-order valence-electron chi connectivity index (χ4n) is 2.23. The molecule has 94 valence electrons. The van der Waals surface area contributed by atoms with E-state index in [1.54, 1.807) is 0 Å². The van der Waals surface area contributed by atoms with Crippen molar-refractivity contribution < 1.29 is 4.79 Å². The lowest BCUT2D eigenvalue weighted by Gasteiger charge is -2.24. The fourth-order valence-corrected chi connectivity index (χ4v) is 2.64. The molecule has 1 atom stereocenters. The largest absolute Gasteiger partial charge is 0.340 e. The summed E-state index contributed by atoms with van der Waals surface area (Å²) >= 11 is 1.86. The predicted molar refractivity (Wildman–Crippen MR) is 70.9 cm³/mol. The van der Waals surface area contributed by atoms with Crippen LogP contribution in [0.2, 0.25) is 0 Å². The van der Waals surface area contributed by atoms with Crippen molar-refractivity contribution >= 4 is 17.7 Å². The molecule has 1 rings (SSSR count). The number of rotatable bonds is 8. The van der Waals surface area contributed by atoms with Crippen LogP contribution in [0.5, 0.6) is 0 Å². The van der Waals surface area contributed by atoms with Gasteiger partial charge in [0.1, 0.15) is 0 Å². The van der Waals surface area contributed by atoms with Gasteiger partial charge in [0.25, 0.3) is 0 Å². The van der Waals surface area contributed by atoms with Crippen molar-refractivity contribution in [1.82, 2.24) is 10.2 Å². The Morgan fingerprint density at radius 1 is 1.56 bits per heavy atom. The number of thioether (sulfide) groups is 1. The molecule has 1 aliphatic rings. The van der Waals surface area contributed by atoms with Crippen LogP contribution in [0.3, 0.4) is 0 Å². The molecule has 0 radical (unpaired) electrons. The van der Waals surface area contributed by atoms with Crippen molar-refractivity contribution in [1.29, 1.82) is 0 Å². The molecule has 0 spiro atoms. The van der Waals surface area contributed by atoms with Crippen molar-refractivity contribution in [2.75, 3.05) is 31.6 Å². The molecular weight excluding hydrogens is 220 g/mol. The maximum absolute atomic E-state index is 11.7. The Morgan fingerprint density at radius 2 is 2.38 bits per heavy atom. The van der Waals surface area contributed by atoms with Crippen LogP contribution in [-0.2, 0) is 4.79 Å². The Hall–Kier alpha value is -0.220. The molecule has 0 saturated carbocycles. The van der Waals surface area contributed by atoms with Gasteiger partial charge in [0.15, 0.2) is 0 Å². The van der Waals surface area contributed by atoms with Gasteiger partial charge in [-0.3, -0.25) is 4.79 Å². The zero-order chi connectivity index (χ0) is 11.8. The van der Waals surface area contributed by atoms with Gasteiger partial charge in [-0.2, -0.15) is 11.8 Å². The molecule has 1 saturated heterocycles. The average molecular weight is 244 g/mol. The normalized spacial score (nSPS) is 20.8. The topological polar surface area (TPSA) is 32.3 Å². The minimum absolute atomic E-state index is 0.364. The average Bonchev–Trinajstić information content (AvgIpc) is 2.62. The molecule has 1 N–H and O–H groups in total. The maximum Gasteiger partial charge on any atom is 0.222 e. The second-order valence-corrected chi connectivity index (χ2v) is 5.25. The third kappa shape index (κ3) is 4.34. The van der Waals surface area contributed by atoms with E-state index in [-0.39, 0.29) is 0 Å². The van der Waals surface area contributed by atoms with E-state index in [0.717, 1.165) is 51.1 Å². The van der Waals surface area contributed by atoms with E-state index in [2.05, 4.69) is 23.4 Å². The monoisotopic (exact) mass is 244 g/mol. The van der Waals surface area contributed by atoms with Gasteiger partial charge < -0.3 is 10.2 Å². The summed E-state index contributed by atoms with van der Waals surface area (Å²) in [4.78, 5) is 13.8. The minimum Gasteiger partial charge on any atom is -0.340 e. The highest BCUT2D eigenvalue weighted by Crippen LogP contribution is 2.21. The van der Waals surface area contributed by atoms with Crippen molar-refractivity contribution in [3.8, 4) is 0 Å². The molecule has 0 bridgehead atoms. The number of hydrogen-bond donors (Lipinski definition) is 1. The second-order valence-electron chi connectivity index (χ2n) is 4.27. The molecule has 0 aliphatic carbocycles. The molecule has 3 nitrogen and oxygen atoms in total. The minimum atomic E-state index is 0.364. The molecule has 0 aromatic rings. The van der Waals surface area contributed by atoms with E-state index in [1.165, 1.54) is 0 Å². The molecule has 0 aromatic heterocycles.